The molecule has 22 heavy (non-hydrogen) atoms. The SMILES string of the molecule is CC(C)c1ccc(-c2ccc(N3CCC(N)CC3)nn2)cc1. The van der Waals surface area contributed by atoms with Crippen molar-refractivity contribution in [3.05, 3.63) is 42.0 Å². The molecule has 2 aromatic rings. The Bertz CT molecular complexity index is 596. The first kappa shape index (κ1) is 15.0. The van der Waals surface area contributed by atoms with Crippen LogP contribution in [0.2, 0.25) is 0 Å². The molecule has 2 N–H and O–H groups in total. The van der Waals surface area contributed by atoms with E-state index >= 15 is 0 Å². The van der Waals surface area contributed by atoms with Crippen LogP contribution in [0, 0.1) is 0 Å². The number of piperidine rings is 1. The molecule has 0 radical (unpaired) electrons. The molecule has 0 spiro atoms. The van der Waals surface area contributed by atoms with Crippen molar-refractivity contribution in [3.63, 3.8) is 0 Å². The zero-order valence-electron chi connectivity index (χ0n) is 13.4. The van der Waals surface area contributed by atoms with Gasteiger partial charge in [-0.3, -0.25) is 0 Å². The Morgan fingerprint density at radius 3 is 2.23 bits per heavy atom. The largest absolute Gasteiger partial charge is 0.355 e. The minimum Gasteiger partial charge on any atom is -0.355 e. The van der Waals surface area contributed by atoms with Crippen molar-refractivity contribution in [1.82, 2.24) is 10.2 Å². The van der Waals surface area contributed by atoms with Gasteiger partial charge in [0, 0.05) is 24.7 Å². The molecule has 4 nitrogen and oxygen atoms in total. The van der Waals surface area contributed by atoms with Crippen LogP contribution >= 0.6 is 0 Å². The average Bonchev–Trinajstić information content (AvgIpc) is 2.56. The minimum atomic E-state index is 0.336. The third-order valence-corrected chi connectivity index (χ3v) is 4.39. The van der Waals surface area contributed by atoms with Gasteiger partial charge in [-0.2, -0.15) is 0 Å². The fourth-order valence-electron chi connectivity index (χ4n) is 2.82. The number of nitrogens with zero attached hydrogens (tertiary/aromatic N) is 3. The van der Waals surface area contributed by atoms with Crippen molar-refractivity contribution in [2.75, 3.05) is 18.0 Å². The number of hydrogen-bond acceptors (Lipinski definition) is 4. The molecule has 4 heteroatoms. The zero-order valence-corrected chi connectivity index (χ0v) is 13.4. The summed E-state index contributed by atoms with van der Waals surface area (Å²) in [5.41, 5.74) is 9.33. The second kappa shape index (κ2) is 6.44. The number of nitrogens with two attached hydrogens (primary N) is 1. The lowest BCUT2D eigenvalue weighted by atomic mass is 10.0. The van der Waals surface area contributed by atoms with Gasteiger partial charge in [0.05, 0.1) is 5.69 Å². The van der Waals surface area contributed by atoms with Crippen molar-refractivity contribution >= 4 is 5.82 Å². The van der Waals surface area contributed by atoms with E-state index in [1.54, 1.807) is 0 Å². The maximum absolute atomic E-state index is 5.95. The highest BCUT2D eigenvalue weighted by molar-refractivity contribution is 5.60. The second-order valence-electron chi connectivity index (χ2n) is 6.38. The molecule has 0 bridgehead atoms. The molecule has 1 aliphatic heterocycles. The van der Waals surface area contributed by atoms with Gasteiger partial charge in [0.1, 0.15) is 0 Å². The van der Waals surface area contributed by atoms with E-state index in [2.05, 4.69) is 65.3 Å². The normalized spacial score (nSPS) is 16.3. The summed E-state index contributed by atoms with van der Waals surface area (Å²) >= 11 is 0. The number of rotatable bonds is 3. The molecular weight excluding hydrogens is 272 g/mol. The lowest BCUT2D eigenvalue weighted by Crippen LogP contribution is -2.40. The van der Waals surface area contributed by atoms with E-state index < -0.39 is 0 Å². The second-order valence-corrected chi connectivity index (χ2v) is 6.38. The molecular formula is C18H24N4. The van der Waals surface area contributed by atoms with Gasteiger partial charge in [-0.25, -0.2) is 0 Å². The van der Waals surface area contributed by atoms with E-state index in [0.29, 0.717) is 12.0 Å². The van der Waals surface area contributed by atoms with Crippen LogP contribution in [0.15, 0.2) is 36.4 Å². The van der Waals surface area contributed by atoms with Gasteiger partial charge in [0.25, 0.3) is 0 Å². The van der Waals surface area contributed by atoms with Crippen molar-refractivity contribution < 1.29 is 0 Å². The summed E-state index contributed by atoms with van der Waals surface area (Å²) in [6.45, 7) is 6.35. The van der Waals surface area contributed by atoms with Crippen molar-refractivity contribution in [2.45, 2.75) is 38.6 Å². The topological polar surface area (TPSA) is 55.0 Å². The Morgan fingerprint density at radius 1 is 1.00 bits per heavy atom. The smallest absolute Gasteiger partial charge is 0.151 e. The van der Waals surface area contributed by atoms with E-state index in [1.807, 2.05) is 0 Å². The Balaban J connectivity index is 1.73. The molecule has 0 aliphatic carbocycles. The first-order valence-electron chi connectivity index (χ1n) is 8.08. The summed E-state index contributed by atoms with van der Waals surface area (Å²) < 4.78 is 0. The molecule has 0 atom stereocenters. The number of benzene rings is 1. The van der Waals surface area contributed by atoms with Crippen molar-refractivity contribution in [3.8, 4) is 11.3 Å². The van der Waals surface area contributed by atoms with Crippen LogP contribution in [0.3, 0.4) is 0 Å². The van der Waals surface area contributed by atoms with Crippen molar-refractivity contribution in [2.24, 2.45) is 5.73 Å². The Morgan fingerprint density at radius 2 is 1.68 bits per heavy atom. The highest BCUT2D eigenvalue weighted by Crippen LogP contribution is 2.23. The number of aromatic nitrogens is 2. The van der Waals surface area contributed by atoms with Gasteiger partial charge >= 0.3 is 0 Å². The summed E-state index contributed by atoms with van der Waals surface area (Å²) in [6.07, 6.45) is 2.06. The van der Waals surface area contributed by atoms with E-state index in [1.165, 1.54) is 5.56 Å². The highest BCUT2D eigenvalue weighted by Gasteiger charge is 2.17. The summed E-state index contributed by atoms with van der Waals surface area (Å²) in [7, 11) is 0. The average molecular weight is 296 g/mol. The van der Waals surface area contributed by atoms with Crippen molar-refractivity contribution in [1.29, 1.82) is 0 Å². The number of hydrogen-bond donors (Lipinski definition) is 1. The van der Waals surface area contributed by atoms with Crippen LogP contribution in [-0.2, 0) is 0 Å². The first-order valence-corrected chi connectivity index (χ1v) is 8.08. The third-order valence-electron chi connectivity index (χ3n) is 4.39. The van der Waals surface area contributed by atoms with Gasteiger partial charge < -0.3 is 10.6 Å². The summed E-state index contributed by atoms with van der Waals surface area (Å²) in [4.78, 5) is 2.27. The predicted octanol–water partition coefficient (Wildman–Crippen LogP) is 3.19. The maximum atomic E-state index is 5.95. The summed E-state index contributed by atoms with van der Waals surface area (Å²) in [5.74, 6) is 1.50. The molecule has 116 valence electrons. The van der Waals surface area contributed by atoms with Crippen LogP contribution in [0.1, 0.15) is 38.2 Å². The standard InChI is InChI=1S/C18H24N4/c1-13(2)14-3-5-15(6-4-14)17-7-8-18(21-20-17)22-11-9-16(19)10-12-22/h3-8,13,16H,9-12,19H2,1-2H3. The Kier molecular flexibility index (Phi) is 4.39. The van der Waals surface area contributed by atoms with Crippen LogP contribution < -0.4 is 10.6 Å². The highest BCUT2D eigenvalue weighted by atomic mass is 15.3. The molecule has 0 saturated carbocycles. The molecule has 1 aromatic carbocycles. The molecule has 3 rings (SSSR count). The lowest BCUT2D eigenvalue weighted by molar-refractivity contribution is 0.497. The van der Waals surface area contributed by atoms with E-state index in [0.717, 1.165) is 43.0 Å². The number of anilines is 1. The van der Waals surface area contributed by atoms with E-state index in [4.69, 9.17) is 5.73 Å². The molecule has 0 unspecified atom stereocenters. The lowest BCUT2D eigenvalue weighted by Gasteiger charge is -2.30. The first-order chi connectivity index (χ1) is 10.6. The summed E-state index contributed by atoms with van der Waals surface area (Å²) in [5, 5.41) is 8.79. The minimum absolute atomic E-state index is 0.336. The van der Waals surface area contributed by atoms with Gasteiger partial charge in [0.15, 0.2) is 5.82 Å². The molecule has 2 heterocycles. The quantitative estimate of drug-likeness (QED) is 0.945. The van der Waals surface area contributed by atoms with Crippen LogP contribution in [-0.4, -0.2) is 29.3 Å². The van der Waals surface area contributed by atoms with E-state index in [-0.39, 0.29) is 0 Å². The molecule has 0 amide bonds. The molecule has 1 aliphatic rings. The molecule has 1 fully saturated rings. The van der Waals surface area contributed by atoms with E-state index in [9.17, 15) is 0 Å². The van der Waals surface area contributed by atoms with Crippen LogP contribution in [0.5, 0.6) is 0 Å². The van der Waals surface area contributed by atoms with Gasteiger partial charge in [-0.1, -0.05) is 38.1 Å². The monoisotopic (exact) mass is 296 g/mol. The maximum Gasteiger partial charge on any atom is 0.151 e. The van der Waals surface area contributed by atoms with Crippen LogP contribution in [0.25, 0.3) is 11.3 Å². The Hall–Kier alpha value is -1.94. The fourth-order valence-corrected chi connectivity index (χ4v) is 2.82. The molecule has 1 saturated heterocycles. The van der Waals surface area contributed by atoms with Gasteiger partial charge in [-0.15, -0.1) is 10.2 Å². The van der Waals surface area contributed by atoms with Gasteiger partial charge in [-0.05, 0) is 36.5 Å². The summed E-state index contributed by atoms with van der Waals surface area (Å²) in [6, 6.07) is 13.0. The van der Waals surface area contributed by atoms with Crippen LogP contribution in [0.4, 0.5) is 5.82 Å². The van der Waals surface area contributed by atoms with Gasteiger partial charge in [0.2, 0.25) is 0 Å². The zero-order chi connectivity index (χ0) is 15.5. The third kappa shape index (κ3) is 3.28. The molecule has 1 aromatic heterocycles. The Labute approximate surface area is 132 Å². The predicted molar refractivity (Wildman–Crippen MR) is 91.0 cm³/mol. The fraction of sp³-hybridized carbons (Fsp3) is 0.444.